The van der Waals surface area contributed by atoms with Gasteiger partial charge in [-0.05, 0) is 38.1 Å². The molecule has 2 aromatic carbocycles. The largest absolute Gasteiger partial charge is 0.504 e. The van der Waals surface area contributed by atoms with Crippen LogP contribution in [-0.2, 0) is 4.74 Å². The van der Waals surface area contributed by atoms with Crippen molar-refractivity contribution >= 4 is 5.91 Å². The fourth-order valence-corrected chi connectivity index (χ4v) is 4.46. The third-order valence-corrected chi connectivity index (χ3v) is 5.97. The number of aromatic hydroxyl groups is 1. The zero-order valence-corrected chi connectivity index (χ0v) is 18.1. The Balaban J connectivity index is 1.45. The number of hydrogen-bond donors (Lipinski definition) is 1. The molecule has 0 aliphatic carbocycles. The second kappa shape index (κ2) is 8.94. The van der Waals surface area contributed by atoms with Gasteiger partial charge in [0.15, 0.2) is 11.5 Å². The van der Waals surface area contributed by atoms with Gasteiger partial charge < -0.3 is 24.2 Å². The summed E-state index contributed by atoms with van der Waals surface area (Å²) in [5, 5.41) is 9.92. The van der Waals surface area contributed by atoms with Crippen molar-refractivity contribution in [2.45, 2.75) is 57.5 Å². The Labute approximate surface area is 185 Å². The second-order valence-corrected chi connectivity index (χ2v) is 8.55. The van der Waals surface area contributed by atoms with Gasteiger partial charge in [-0.25, -0.2) is 0 Å². The molecule has 1 fully saturated rings. The molecule has 172 valence electrons. The monoisotopic (exact) mass is 447 g/mol. The quantitative estimate of drug-likeness (QED) is 0.705. The van der Waals surface area contributed by atoms with Gasteiger partial charge in [-0.2, -0.15) is 8.78 Å². The highest BCUT2D eigenvalue weighted by molar-refractivity contribution is 5.95. The van der Waals surface area contributed by atoms with Gasteiger partial charge in [0, 0.05) is 43.5 Å². The maximum absolute atomic E-state index is 12.9. The molecule has 32 heavy (non-hydrogen) atoms. The highest BCUT2D eigenvalue weighted by Crippen LogP contribution is 2.46. The normalized spacial score (nSPS) is 19.7. The van der Waals surface area contributed by atoms with Crippen molar-refractivity contribution in [1.29, 1.82) is 0 Å². The van der Waals surface area contributed by atoms with E-state index in [1.165, 1.54) is 12.1 Å². The first-order chi connectivity index (χ1) is 15.3. The molecule has 0 bridgehead atoms. The number of nitrogens with zero attached hydrogens (tertiary/aromatic N) is 1. The summed E-state index contributed by atoms with van der Waals surface area (Å²) >= 11 is 0. The van der Waals surface area contributed by atoms with E-state index in [9.17, 15) is 18.7 Å². The van der Waals surface area contributed by atoms with Crippen LogP contribution >= 0.6 is 0 Å². The molecule has 1 N–H and O–H groups in total. The highest BCUT2D eigenvalue weighted by atomic mass is 19.3. The lowest BCUT2D eigenvalue weighted by molar-refractivity contribution is -0.0872. The van der Waals surface area contributed by atoms with Crippen LogP contribution in [0.1, 0.15) is 55.1 Å². The number of likely N-dealkylation sites (tertiary alicyclic amines) is 1. The van der Waals surface area contributed by atoms with Crippen LogP contribution in [0.2, 0.25) is 0 Å². The van der Waals surface area contributed by atoms with Crippen molar-refractivity contribution in [2.75, 3.05) is 13.1 Å². The van der Waals surface area contributed by atoms with Gasteiger partial charge >= 0.3 is 6.61 Å². The molecule has 1 atom stereocenters. The van der Waals surface area contributed by atoms with Gasteiger partial charge in [0.1, 0.15) is 11.4 Å². The first kappa shape index (κ1) is 22.3. The minimum Gasteiger partial charge on any atom is -0.504 e. The smallest absolute Gasteiger partial charge is 0.387 e. The first-order valence-corrected chi connectivity index (χ1v) is 10.8. The van der Waals surface area contributed by atoms with Gasteiger partial charge in [0.2, 0.25) is 0 Å². The van der Waals surface area contributed by atoms with E-state index in [1.54, 1.807) is 4.90 Å². The summed E-state index contributed by atoms with van der Waals surface area (Å²) in [5.74, 6) is -0.307. The van der Waals surface area contributed by atoms with Crippen LogP contribution in [0.25, 0.3) is 0 Å². The third kappa shape index (κ3) is 4.65. The van der Waals surface area contributed by atoms with E-state index in [0.29, 0.717) is 32.4 Å². The molecular weight excluding hydrogens is 420 g/mol. The number of phenolic OH excluding ortho intramolecular Hbond substituents is 1. The van der Waals surface area contributed by atoms with Gasteiger partial charge in [0.05, 0.1) is 12.2 Å². The van der Waals surface area contributed by atoms with Crippen molar-refractivity contribution < 1.29 is 32.9 Å². The van der Waals surface area contributed by atoms with Crippen molar-refractivity contribution in [3.05, 3.63) is 53.6 Å². The van der Waals surface area contributed by atoms with Crippen LogP contribution in [0.3, 0.4) is 0 Å². The average molecular weight is 447 g/mol. The van der Waals surface area contributed by atoms with Crippen molar-refractivity contribution in [1.82, 2.24) is 4.90 Å². The standard InChI is InChI=1S/C24H27F2NO5/c1-15(2)30-21-14-24(32-19-6-4-3-5-17(19)21)9-11-27(12-10-24)22(29)16-7-8-20(18(28)13-16)31-23(25)26/h3-8,13,15,21,23,28H,9-12,14H2,1-2H3/t21-/m1/s1. The Morgan fingerprint density at radius 2 is 1.91 bits per heavy atom. The zero-order chi connectivity index (χ0) is 22.9. The van der Waals surface area contributed by atoms with Crippen LogP contribution in [0.5, 0.6) is 17.2 Å². The average Bonchev–Trinajstić information content (AvgIpc) is 2.74. The van der Waals surface area contributed by atoms with Crippen molar-refractivity contribution in [3.8, 4) is 17.2 Å². The number of para-hydroxylation sites is 1. The van der Waals surface area contributed by atoms with Crippen LogP contribution in [0, 0.1) is 0 Å². The van der Waals surface area contributed by atoms with Crippen molar-refractivity contribution in [2.24, 2.45) is 0 Å². The summed E-state index contributed by atoms with van der Waals surface area (Å²) in [6, 6.07) is 11.6. The molecule has 4 rings (SSSR count). The number of alkyl halides is 2. The minimum absolute atomic E-state index is 0.0680. The number of amides is 1. The lowest BCUT2D eigenvalue weighted by atomic mass is 9.81. The van der Waals surface area contributed by atoms with Crippen molar-refractivity contribution in [3.63, 3.8) is 0 Å². The fraction of sp³-hybridized carbons (Fsp3) is 0.458. The highest BCUT2D eigenvalue weighted by Gasteiger charge is 2.44. The molecule has 6 nitrogen and oxygen atoms in total. The lowest BCUT2D eigenvalue weighted by Crippen LogP contribution is -2.52. The summed E-state index contributed by atoms with van der Waals surface area (Å²) in [5.41, 5.74) is 0.852. The molecule has 1 saturated heterocycles. The first-order valence-electron chi connectivity index (χ1n) is 10.8. The van der Waals surface area contributed by atoms with Crippen LogP contribution in [0.4, 0.5) is 8.78 Å². The molecule has 1 spiro atoms. The predicted octanol–water partition coefficient (Wildman–Crippen LogP) is 4.92. The zero-order valence-electron chi connectivity index (χ0n) is 18.1. The maximum Gasteiger partial charge on any atom is 0.387 e. The molecule has 0 saturated carbocycles. The molecule has 1 amide bonds. The molecular formula is C24H27F2NO5. The van der Waals surface area contributed by atoms with E-state index in [0.717, 1.165) is 17.4 Å². The fourth-order valence-electron chi connectivity index (χ4n) is 4.46. The molecule has 2 aromatic rings. The number of hydrogen-bond acceptors (Lipinski definition) is 5. The summed E-state index contributed by atoms with van der Waals surface area (Å²) in [6.07, 6.45) is 2.01. The predicted molar refractivity (Wildman–Crippen MR) is 113 cm³/mol. The number of rotatable bonds is 5. The SMILES string of the molecule is CC(C)O[C@@H]1CC2(CCN(C(=O)c3ccc(OC(F)F)c(O)c3)CC2)Oc2ccccc21. The summed E-state index contributed by atoms with van der Waals surface area (Å²) in [7, 11) is 0. The summed E-state index contributed by atoms with van der Waals surface area (Å²) in [4.78, 5) is 14.6. The summed E-state index contributed by atoms with van der Waals surface area (Å²) in [6.45, 7) is 1.93. The van der Waals surface area contributed by atoms with E-state index < -0.39 is 18.0 Å². The second-order valence-electron chi connectivity index (χ2n) is 8.55. The van der Waals surface area contributed by atoms with Gasteiger partial charge in [0.25, 0.3) is 5.91 Å². The number of benzene rings is 2. The number of fused-ring (bicyclic) bond motifs is 1. The third-order valence-electron chi connectivity index (χ3n) is 5.97. The van der Waals surface area contributed by atoms with Crippen LogP contribution in [-0.4, -0.2) is 47.3 Å². The minimum atomic E-state index is -3.05. The Hall–Kier alpha value is -2.87. The van der Waals surface area contributed by atoms with E-state index in [-0.39, 0.29) is 29.4 Å². The molecule has 2 aliphatic rings. The molecule has 0 aromatic heterocycles. The Bertz CT molecular complexity index is 973. The number of ether oxygens (including phenoxy) is 3. The molecule has 0 unspecified atom stereocenters. The molecule has 8 heteroatoms. The molecule has 2 heterocycles. The van der Waals surface area contributed by atoms with Gasteiger partial charge in [-0.3, -0.25) is 4.79 Å². The van der Waals surface area contributed by atoms with Gasteiger partial charge in [-0.1, -0.05) is 18.2 Å². The number of piperidine rings is 1. The lowest BCUT2D eigenvalue weighted by Gasteiger charge is -2.47. The molecule has 2 aliphatic heterocycles. The topological polar surface area (TPSA) is 68.2 Å². The van der Waals surface area contributed by atoms with E-state index >= 15 is 0 Å². The van der Waals surface area contributed by atoms with E-state index in [1.807, 2.05) is 38.1 Å². The van der Waals surface area contributed by atoms with E-state index in [4.69, 9.17) is 9.47 Å². The Kier molecular flexibility index (Phi) is 6.24. The maximum atomic E-state index is 12.9. The summed E-state index contributed by atoms with van der Waals surface area (Å²) < 4.78 is 41.6. The Morgan fingerprint density at radius 3 is 2.56 bits per heavy atom. The van der Waals surface area contributed by atoms with Gasteiger partial charge in [-0.15, -0.1) is 0 Å². The van der Waals surface area contributed by atoms with E-state index in [2.05, 4.69) is 4.74 Å². The number of halogens is 2. The Morgan fingerprint density at radius 1 is 1.19 bits per heavy atom. The van der Waals surface area contributed by atoms with Crippen LogP contribution < -0.4 is 9.47 Å². The molecule has 0 radical (unpaired) electrons. The van der Waals surface area contributed by atoms with Crippen LogP contribution in [0.15, 0.2) is 42.5 Å². The number of carbonyl (C=O) groups excluding carboxylic acids is 1. The number of carbonyl (C=O) groups is 1. The number of phenols is 1.